The van der Waals surface area contributed by atoms with Crippen molar-refractivity contribution in [3.8, 4) is 0 Å². The molecule has 0 bridgehead atoms. The van der Waals surface area contributed by atoms with Gasteiger partial charge in [0.15, 0.2) is 5.79 Å². The van der Waals surface area contributed by atoms with Crippen LogP contribution in [0.1, 0.15) is 13.8 Å². The minimum absolute atomic E-state index is 1.30. The summed E-state index contributed by atoms with van der Waals surface area (Å²) in [6.45, 7) is 2.60. The van der Waals surface area contributed by atoms with Crippen LogP contribution in [0.5, 0.6) is 0 Å². The first-order valence-electron chi connectivity index (χ1n) is 2.10. The van der Waals surface area contributed by atoms with Crippen LogP contribution < -0.4 is 0 Å². The minimum Gasteiger partial charge on any atom is -0.450 e. The van der Waals surface area contributed by atoms with Gasteiger partial charge in [-0.3, -0.25) is 0 Å². The van der Waals surface area contributed by atoms with E-state index in [1.165, 1.54) is 13.8 Å². The first kappa shape index (κ1) is 11.0. The summed E-state index contributed by atoms with van der Waals surface area (Å²) in [5.74, 6) is -1.50. The maximum Gasteiger partial charge on any atom is 0.503 e. The Kier molecular flexibility index (Phi) is 5.04. The number of rotatable bonds is 0. The molecular weight excluding hydrogens is 128 g/mol. The van der Waals surface area contributed by atoms with Gasteiger partial charge < -0.3 is 20.4 Å². The predicted molar refractivity (Wildman–Crippen MR) is 29.2 cm³/mol. The van der Waals surface area contributed by atoms with E-state index >= 15 is 0 Å². The van der Waals surface area contributed by atoms with E-state index in [2.05, 4.69) is 0 Å². The van der Waals surface area contributed by atoms with Crippen LogP contribution in [-0.2, 0) is 0 Å². The Morgan fingerprint density at radius 3 is 1.22 bits per heavy atom. The van der Waals surface area contributed by atoms with E-state index in [1.807, 2.05) is 0 Å². The summed E-state index contributed by atoms with van der Waals surface area (Å²) in [6, 6.07) is 0. The molecule has 4 N–H and O–H groups in total. The van der Waals surface area contributed by atoms with Crippen LogP contribution >= 0.6 is 0 Å². The van der Waals surface area contributed by atoms with Gasteiger partial charge in [-0.2, -0.15) is 0 Å². The largest absolute Gasteiger partial charge is 0.503 e. The zero-order valence-electron chi connectivity index (χ0n) is 5.20. The number of hydrogen-bond acceptors (Lipinski definition) is 3. The molecule has 0 atom stereocenters. The van der Waals surface area contributed by atoms with Gasteiger partial charge in [-0.15, -0.1) is 0 Å². The average Bonchev–Trinajstić information content (AvgIpc) is 1.19. The molecular formula is C4H10O5. The molecule has 0 amide bonds. The molecule has 0 aliphatic carbocycles. The molecule has 56 valence electrons. The highest BCUT2D eigenvalue weighted by atomic mass is 16.6. The molecule has 5 heteroatoms. The zero-order chi connectivity index (χ0) is 8.08. The van der Waals surface area contributed by atoms with Gasteiger partial charge in [0, 0.05) is 0 Å². The lowest BCUT2D eigenvalue weighted by Gasteiger charge is -2.03. The molecule has 0 aromatic heterocycles. The summed E-state index contributed by atoms with van der Waals surface area (Å²) >= 11 is 0. The molecule has 0 spiro atoms. The third-order valence-corrected chi connectivity index (χ3v) is 0. The van der Waals surface area contributed by atoms with Crippen molar-refractivity contribution in [1.82, 2.24) is 0 Å². The zero-order valence-corrected chi connectivity index (χ0v) is 5.20. The second kappa shape index (κ2) is 4.11. The van der Waals surface area contributed by atoms with Crippen molar-refractivity contribution in [3.05, 3.63) is 0 Å². The average molecular weight is 138 g/mol. The first-order valence-corrected chi connectivity index (χ1v) is 2.10. The fourth-order valence-electron chi connectivity index (χ4n) is 0. The van der Waals surface area contributed by atoms with Crippen LogP contribution in [-0.4, -0.2) is 32.4 Å². The number of hydrogen-bond donors (Lipinski definition) is 4. The topological polar surface area (TPSA) is 98.0 Å². The summed E-state index contributed by atoms with van der Waals surface area (Å²) < 4.78 is 0. The van der Waals surface area contributed by atoms with Crippen molar-refractivity contribution >= 4 is 6.16 Å². The minimum atomic E-state index is -1.83. The quantitative estimate of drug-likeness (QED) is 0.351. The highest BCUT2D eigenvalue weighted by Gasteiger charge is 2.00. The van der Waals surface area contributed by atoms with E-state index in [0.29, 0.717) is 0 Å². The molecule has 0 aromatic carbocycles. The Morgan fingerprint density at radius 2 is 1.22 bits per heavy atom. The normalized spacial score (nSPS) is 9.33. The predicted octanol–water partition coefficient (Wildman–Crippen LogP) is -0.0705. The molecule has 0 aliphatic heterocycles. The van der Waals surface area contributed by atoms with Gasteiger partial charge in [0.05, 0.1) is 0 Å². The lowest BCUT2D eigenvalue weighted by Crippen LogP contribution is -2.15. The molecule has 0 unspecified atom stereocenters. The fourth-order valence-corrected chi connectivity index (χ4v) is 0. The fraction of sp³-hybridized carbons (Fsp3) is 0.750. The summed E-state index contributed by atoms with van der Waals surface area (Å²) in [5.41, 5.74) is 0. The lowest BCUT2D eigenvalue weighted by molar-refractivity contribution is -0.127. The molecule has 0 saturated carbocycles. The smallest absolute Gasteiger partial charge is 0.450 e. The van der Waals surface area contributed by atoms with E-state index in [4.69, 9.17) is 25.2 Å². The second-order valence-electron chi connectivity index (χ2n) is 1.78. The van der Waals surface area contributed by atoms with Gasteiger partial charge >= 0.3 is 6.16 Å². The molecule has 0 rings (SSSR count). The monoisotopic (exact) mass is 138 g/mol. The van der Waals surface area contributed by atoms with E-state index < -0.39 is 11.9 Å². The molecule has 0 fully saturated rings. The highest BCUT2D eigenvalue weighted by Crippen LogP contribution is 1.88. The van der Waals surface area contributed by atoms with E-state index in [9.17, 15) is 0 Å². The van der Waals surface area contributed by atoms with Crippen LogP contribution in [0.15, 0.2) is 0 Å². The molecule has 0 radical (unpaired) electrons. The molecule has 5 nitrogen and oxygen atoms in total. The van der Waals surface area contributed by atoms with Crippen molar-refractivity contribution in [2.24, 2.45) is 0 Å². The second-order valence-corrected chi connectivity index (χ2v) is 1.78. The number of aliphatic hydroxyl groups is 2. The first-order chi connectivity index (χ1) is 3.73. The van der Waals surface area contributed by atoms with Crippen molar-refractivity contribution in [1.29, 1.82) is 0 Å². The van der Waals surface area contributed by atoms with Crippen molar-refractivity contribution in [2.75, 3.05) is 0 Å². The van der Waals surface area contributed by atoms with Gasteiger partial charge in [0.1, 0.15) is 0 Å². The molecule has 0 heterocycles. The Labute approximate surface area is 52.2 Å². The van der Waals surface area contributed by atoms with Crippen molar-refractivity contribution in [2.45, 2.75) is 19.6 Å². The van der Waals surface area contributed by atoms with Gasteiger partial charge in [0.25, 0.3) is 0 Å². The van der Waals surface area contributed by atoms with E-state index in [1.54, 1.807) is 0 Å². The third kappa shape index (κ3) is 295. The summed E-state index contributed by atoms with van der Waals surface area (Å²) in [4.78, 5) is 8.56. The Balaban J connectivity index is 0. The molecule has 0 aromatic rings. The van der Waals surface area contributed by atoms with Crippen LogP contribution in [0.2, 0.25) is 0 Å². The maximum atomic E-state index is 8.56. The standard InChI is InChI=1S/C3H8O2.CH2O3/c1-3(2,4)5;2-1(3)4/h4-5H,1-2H3;(H2,2,3,4). The summed E-state index contributed by atoms with van der Waals surface area (Å²) in [7, 11) is 0. The van der Waals surface area contributed by atoms with Crippen LogP contribution in [0.3, 0.4) is 0 Å². The van der Waals surface area contributed by atoms with Crippen LogP contribution in [0.25, 0.3) is 0 Å². The highest BCUT2D eigenvalue weighted by molar-refractivity contribution is 5.53. The van der Waals surface area contributed by atoms with E-state index in [0.717, 1.165) is 0 Å². The van der Waals surface area contributed by atoms with Crippen molar-refractivity contribution < 1.29 is 25.2 Å². The Morgan fingerprint density at radius 1 is 1.22 bits per heavy atom. The summed E-state index contributed by atoms with van der Waals surface area (Å²) in [5, 5.41) is 30.1. The molecule has 0 saturated heterocycles. The van der Waals surface area contributed by atoms with Crippen LogP contribution in [0.4, 0.5) is 4.79 Å². The maximum absolute atomic E-state index is 8.56. The molecule has 0 aliphatic rings. The Bertz CT molecular complexity index is 71.4. The van der Waals surface area contributed by atoms with Crippen molar-refractivity contribution in [3.63, 3.8) is 0 Å². The summed E-state index contributed by atoms with van der Waals surface area (Å²) in [6.07, 6.45) is -1.83. The van der Waals surface area contributed by atoms with Gasteiger partial charge in [-0.25, -0.2) is 4.79 Å². The third-order valence-electron chi connectivity index (χ3n) is 0. The SMILES string of the molecule is CC(C)(O)O.O=C(O)O. The van der Waals surface area contributed by atoms with Gasteiger partial charge in [0.2, 0.25) is 0 Å². The number of carboxylic acid groups (broad SMARTS) is 2. The van der Waals surface area contributed by atoms with E-state index in [-0.39, 0.29) is 0 Å². The van der Waals surface area contributed by atoms with Gasteiger partial charge in [-0.1, -0.05) is 0 Å². The number of carbonyl (C=O) groups is 1. The van der Waals surface area contributed by atoms with Gasteiger partial charge in [-0.05, 0) is 13.8 Å². The Hall–Kier alpha value is -0.810. The van der Waals surface area contributed by atoms with Crippen LogP contribution in [0, 0.1) is 0 Å². The lowest BCUT2D eigenvalue weighted by atomic mass is 10.4. The molecule has 9 heavy (non-hydrogen) atoms.